The van der Waals surface area contributed by atoms with Crippen molar-refractivity contribution in [3.63, 3.8) is 0 Å². The highest BCUT2D eigenvalue weighted by molar-refractivity contribution is 5.79. The normalized spacial score (nSPS) is 27.1. The number of hydrogen-bond donors (Lipinski definition) is 2. The number of nitrogens with zero attached hydrogens (tertiary/aromatic N) is 2. The number of carbonyl (C=O) groups excluding carboxylic acids is 1. The number of amides is 1. The molecule has 1 aromatic rings. The van der Waals surface area contributed by atoms with Gasteiger partial charge in [-0.25, -0.2) is 0 Å². The van der Waals surface area contributed by atoms with Gasteiger partial charge in [-0.05, 0) is 37.7 Å². The van der Waals surface area contributed by atoms with Crippen molar-refractivity contribution in [2.45, 2.75) is 76.9 Å². The number of aromatic nitrogens is 1. The minimum atomic E-state index is -4.54. The fraction of sp³-hybridized carbons (Fsp3) is 0.739. The molecule has 1 amide bonds. The molecular formula is C23H32F6N3O3+. The summed E-state index contributed by atoms with van der Waals surface area (Å²) in [7, 11) is 0. The molecule has 2 aliphatic heterocycles. The molecule has 3 heterocycles. The summed E-state index contributed by atoms with van der Waals surface area (Å²) in [4.78, 5) is 14.7. The quantitative estimate of drug-likeness (QED) is 0.367. The smallest absolute Gasteiger partial charge is 0.381 e. The van der Waals surface area contributed by atoms with Crippen LogP contribution in [0, 0.1) is 11.8 Å². The maximum Gasteiger partial charge on any atom is 0.422 e. The van der Waals surface area contributed by atoms with Gasteiger partial charge in [-0.2, -0.15) is 26.3 Å². The third-order valence-electron chi connectivity index (χ3n) is 6.73. The molecule has 2 N–H and O–H groups in total. The van der Waals surface area contributed by atoms with E-state index in [0.717, 1.165) is 45.0 Å². The molecule has 1 saturated heterocycles. The van der Waals surface area contributed by atoms with Gasteiger partial charge in [0.1, 0.15) is 5.56 Å². The monoisotopic (exact) mass is 512 g/mol. The van der Waals surface area contributed by atoms with Crippen LogP contribution in [0.3, 0.4) is 0 Å². The molecule has 1 aromatic heterocycles. The van der Waals surface area contributed by atoms with Crippen molar-refractivity contribution in [3.8, 4) is 0 Å². The Bertz CT molecular complexity index is 886. The molecule has 35 heavy (non-hydrogen) atoms. The molecule has 3 unspecified atom stereocenters. The highest BCUT2D eigenvalue weighted by atomic mass is 19.4. The summed E-state index contributed by atoms with van der Waals surface area (Å²) >= 11 is 0. The van der Waals surface area contributed by atoms with Crippen molar-refractivity contribution in [1.82, 2.24) is 10.2 Å². The van der Waals surface area contributed by atoms with Gasteiger partial charge in [0.2, 0.25) is 17.8 Å². The summed E-state index contributed by atoms with van der Waals surface area (Å²) in [5.41, 5.74) is -0.115. The van der Waals surface area contributed by atoms with Crippen molar-refractivity contribution < 1.29 is 45.8 Å². The van der Waals surface area contributed by atoms with Crippen molar-refractivity contribution in [1.29, 1.82) is 0 Å². The fourth-order valence-corrected chi connectivity index (χ4v) is 4.99. The van der Waals surface area contributed by atoms with E-state index in [0.29, 0.717) is 47.1 Å². The van der Waals surface area contributed by atoms with E-state index in [1.54, 1.807) is 4.90 Å². The van der Waals surface area contributed by atoms with Gasteiger partial charge in [0.15, 0.2) is 0 Å². The lowest BCUT2D eigenvalue weighted by Crippen LogP contribution is -2.47. The molecule has 1 saturated carbocycles. The molecule has 1 aliphatic carbocycles. The molecule has 198 valence electrons. The van der Waals surface area contributed by atoms with Gasteiger partial charge in [0.05, 0.1) is 19.6 Å². The second-order valence-electron chi connectivity index (χ2n) is 9.65. The average molecular weight is 513 g/mol. The first-order valence-electron chi connectivity index (χ1n) is 11.8. The second-order valence-corrected chi connectivity index (χ2v) is 9.65. The molecule has 2 fully saturated rings. The maximum absolute atomic E-state index is 13.1. The molecule has 4 atom stereocenters. The maximum atomic E-state index is 13.1. The van der Waals surface area contributed by atoms with E-state index in [1.165, 1.54) is 0 Å². The lowest BCUT2D eigenvalue weighted by atomic mass is 9.96. The zero-order chi connectivity index (χ0) is 26.0. The van der Waals surface area contributed by atoms with Crippen LogP contribution in [0.1, 0.15) is 56.4 Å². The lowest BCUT2D eigenvalue weighted by Gasteiger charge is -2.32. The lowest BCUT2D eigenvalue weighted by molar-refractivity contribution is -0.910. The number of hydrogen-bond acceptors (Lipinski definition) is 4. The SMILES string of the molecule is CC(F)(F)F.CC1COCCC1NC1CC[C@H](C(=O)N2CCc3c(cc(C(F)(F)F)c[n+]3O)C2)C1. The molecule has 0 aromatic carbocycles. The predicted octanol–water partition coefficient (Wildman–Crippen LogP) is 3.87. The summed E-state index contributed by atoms with van der Waals surface area (Å²) in [5, 5.41) is 13.6. The Labute approximate surface area is 200 Å². The molecule has 0 bridgehead atoms. The number of alkyl halides is 6. The number of rotatable bonds is 3. The number of pyridine rings is 1. The Morgan fingerprint density at radius 3 is 2.51 bits per heavy atom. The first-order chi connectivity index (χ1) is 16.2. The minimum Gasteiger partial charge on any atom is -0.381 e. The summed E-state index contributed by atoms with van der Waals surface area (Å²) in [6, 6.07) is 1.74. The molecule has 3 aliphatic rings. The van der Waals surface area contributed by atoms with Crippen LogP contribution in [-0.2, 0) is 28.7 Å². The van der Waals surface area contributed by atoms with E-state index in [9.17, 15) is 36.3 Å². The molecule has 6 nitrogen and oxygen atoms in total. The van der Waals surface area contributed by atoms with E-state index in [-0.39, 0.29) is 31.3 Å². The van der Waals surface area contributed by atoms with Crippen molar-refractivity contribution in [2.24, 2.45) is 11.8 Å². The minimum absolute atomic E-state index is 0.00637. The van der Waals surface area contributed by atoms with Crippen LogP contribution < -0.4 is 10.0 Å². The van der Waals surface area contributed by atoms with Crippen molar-refractivity contribution in [2.75, 3.05) is 19.8 Å². The molecular weight excluding hydrogens is 480 g/mol. The third kappa shape index (κ3) is 7.70. The molecule has 4 rings (SSSR count). The van der Waals surface area contributed by atoms with Gasteiger partial charge in [-0.3, -0.25) is 10.0 Å². The van der Waals surface area contributed by atoms with Crippen molar-refractivity contribution in [3.05, 3.63) is 29.1 Å². The van der Waals surface area contributed by atoms with Gasteiger partial charge in [-0.15, -0.1) is 0 Å². The molecule has 0 spiro atoms. The van der Waals surface area contributed by atoms with E-state index in [4.69, 9.17) is 4.74 Å². The number of fused-ring (bicyclic) bond motifs is 1. The first kappa shape index (κ1) is 27.5. The Hall–Kier alpha value is -2.08. The van der Waals surface area contributed by atoms with Crippen LogP contribution in [0.15, 0.2) is 12.3 Å². The Morgan fingerprint density at radius 2 is 1.89 bits per heavy atom. The summed E-state index contributed by atoms with van der Waals surface area (Å²) in [6.07, 6.45) is -4.06. The number of ether oxygens (including phenoxy) is 1. The van der Waals surface area contributed by atoms with Crippen LogP contribution >= 0.6 is 0 Å². The van der Waals surface area contributed by atoms with Gasteiger partial charge in [-0.1, -0.05) is 6.92 Å². The second kappa shape index (κ2) is 10.9. The summed E-state index contributed by atoms with van der Waals surface area (Å²) in [6.45, 7) is 4.38. The Kier molecular flexibility index (Phi) is 8.56. The molecule has 0 radical (unpaired) electrons. The van der Waals surface area contributed by atoms with Gasteiger partial charge >= 0.3 is 12.4 Å². The van der Waals surface area contributed by atoms with E-state index in [2.05, 4.69) is 12.2 Å². The third-order valence-corrected chi connectivity index (χ3v) is 6.73. The first-order valence-corrected chi connectivity index (χ1v) is 11.8. The number of nitrogens with one attached hydrogen (secondary N) is 1. The summed E-state index contributed by atoms with van der Waals surface area (Å²) < 4.78 is 76.4. The van der Waals surface area contributed by atoms with E-state index in [1.807, 2.05) is 0 Å². The highest BCUT2D eigenvalue weighted by Crippen LogP contribution is 2.33. The zero-order valence-corrected chi connectivity index (χ0v) is 19.8. The van der Waals surface area contributed by atoms with Gasteiger partial charge in [0, 0.05) is 48.4 Å². The number of carbonyl (C=O) groups is 1. The Morgan fingerprint density at radius 1 is 1.20 bits per heavy atom. The largest absolute Gasteiger partial charge is 0.422 e. The Balaban J connectivity index is 0.000000623. The van der Waals surface area contributed by atoms with E-state index >= 15 is 0 Å². The van der Waals surface area contributed by atoms with Gasteiger partial charge in [0.25, 0.3) is 0 Å². The number of halogens is 6. The van der Waals surface area contributed by atoms with Crippen LogP contribution in [-0.4, -0.2) is 54.0 Å². The predicted molar refractivity (Wildman–Crippen MR) is 112 cm³/mol. The van der Waals surface area contributed by atoms with Crippen LogP contribution in [0.4, 0.5) is 26.3 Å². The van der Waals surface area contributed by atoms with Gasteiger partial charge < -0.3 is 15.0 Å². The topological polar surface area (TPSA) is 65.7 Å². The van der Waals surface area contributed by atoms with Crippen LogP contribution in [0.2, 0.25) is 0 Å². The van der Waals surface area contributed by atoms with Crippen LogP contribution in [0.5, 0.6) is 0 Å². The average Bonchev–Trinajstić information content (AvgIpc) is 3.21. The fourth-order valence-electron chi connectivity index (χ4n) is 4.99. The summed E-state index contributed by atoms with van der Waals surface area (Å²) in [5.74, 6) is 0.346. The van der Waals surface area contributed by atoms with E-state index < -0.39 is 17.9 Å². The van der Waals surface area contributed by atoms with Crippen molar-refractivity contribution >= 4 is 5.91 Å². The molecule has 12 heteroatoms. The van der Waals surface area contributed by atoms with Crippen LogP contribution in [0.25, 0.3) is 0 Å². The zero-order valence-electron chi connectivity index (χ0n) is 19.8. The highest BCUT2D eigenvalue weighted by Gasteiger charge is 2.40. The standard InChI is InChI=1S/C21H29F3N3O3.C2H3F3/c1-13-12-30-7-5-18(13)25-17-3-2-14(9-17)20(28)26-6-4-19-15(10-26)8-16(11-27(19)29)21(22,23)24;1-2(3,4)5/h8,11,13-14,17-18,25,29H,2-7,9-10,12H2,1H3;1H3/q+1;/t13?,14-,17?,18?;/m0./s1.